The van der Waals surface area contributed by atoms with Gasteiger partial charge in [0.25, 0.3) is 0 Å². The van der Waals surface area contributed by atoms with Crippen molar-refractivity contribution < 1.29 is 0 Å². The number of nitrogens with two attached hydrogens (primary N) is 1. The lowest BCUT2D eigenvalue weighted by Gasteiger charge is -2.17. The molecule has 5 aromatic carbocycles. The molecule has 3 heteroatoms. The lowest BCUT2D eigenvalue weighted by molar-refractivity contribution is 1.49. The molecule has 0 amide bonds. The fourth-order valence-electron chi connectivity index (χ4n) is 4.54. The first-order chi connectivity index (χ1) is 18.3. The molecular weight excluding hydrogens is 484 g/mol. The molecule has 5 rings (SSSR count). The molecule has 0 fully saturated rings. The third-order valence-electron chi connectivity index (χ3n) is 6.42. The monoisotopic (exact) mass is 515 g/mol. The largest absolute Gasteiger partial charge is 0.398 e. The molecule has 0 aliphatic carbocycles. The van der Waals surface area contributed by atoms with Crippen molar-refractivity contribution in [1.82, 2.24) is 0 Å². The summed E-state index contributed by atoms with van der Waals surface area (Å²) in [6.45, 7) is 0. The molecule has 37 heavy (non-hydrogen) atoms. The molecule has 0 unspecified atom stereocenters. The average molecular weight is 516 g/mol. The van der Waals surface area contributed by atoms with E-state index in [0.29, 0.717) is 0 Å². The molecule has 0 spiro atoms. The van der Waals surface area contributed by atoms with Crippen LogP contribution in [0.3, 0.4) is 0 Å². The van der Waals surface area contributed by atoms with Crippen molar-refractivity contribution in [2.45, 2.75) is 0 Å². The van der Waals surface area contributed by atoms with Gasteiger partial charge in [0.05, 0.1) is 0 Å². The lowest BCUT2D eigenvalue weighted by Crippen LogP contribution is -2.29. The summed E-state index contributed by atoms with van der Waals surface area (Å²) in [5.74, 6) is 0. The summed E-state index contributed by atoms with van der Waals surface area (Å²) in [6, 6.07) is 49.8. The zero-order valence-corrected chi connectivity index (χ0v) is 22.6. The van der Waals surface area contributed by atoms with Gasteiger partial charge in [0, 0.05) is 10.9 Å². The van der Waals surface area contributed by atoms with Crippen molar-refractivity contribution in [3.8, 4) is 0 Å². The minimum atomic E-state index is -0.514. The van der Waals surface area contributed by atoms with Gasteiger partial charge in [-0.2, -0.15) is 0 Å². The molecule has 1 nitrogen and oxygen atoms in total. The quantitative estimate of drug-likeness (QED) is 0.226. The van der Waals surface area contributed by atoms with Crippen LogP contribution in [0.15, 0.2) is 140 Å². The molecule has 182 valence electrons. The van der Waals surface area contributed by atoms with Gasteiger partial charge >= 0.3 is 0 Å². The maximum absolute atomic E-state index is 6.57. The molecule has 0 radical (unpaired) electrons. The zero-order chi connectivity index (χ0) is 25.3. The van der Waals surface area contributed by atoms with Gasteiger partial charge < -0.3 is 5.73 Å². The summed E-state index contributed by atoms with van der Waals surface area (Å²) in [6.07, 6.45) is 6.67. The van der Waals surface area contributed by atoms with Gasteiger partial charge in [-0.3, -0.25) is 0 Å². The van der Waals surface area contributed by atoms with E-state index in [1.165, 1.54) is 26.4 Å². The summed E-state index contributed by atoms with van der Waals surface area (Å²) in [5.41, 5.74) is 7.42. The SMILES string of the molecule is Nc1cccc(=CCP(c2ccccc2)c2ccccc2)c1=CCP(c1ccccc1)c1ccccc1. The second-order valence-corrected chi connectivity index (χ2v) is 13.3. The third-order valence-corrected chi connectivity index (χ3v) is 11.2. The smallest absolute Gasteiger partial charge is 0.0390 e. The number of anilines is 1. The van der Waals surface area contributed by atoms with Crippen LogP contribution in [0.1, 0.15) is 0 Å². The van der Waals surface area contributed by atoms with E-state index in [1.807, 2.05) is 6.07 Å². The minimum absolute atomic E-state index is 0.497. The number of benzene rings is 5. The van der Waals surface area contributed by atoms with E-state index in [9.17, 15) is 0 Å². The van der Waals surface area contributed by atoms with Gasteiger partial charge in [0.2, 0.25) is 0 Å². The van der Waals surface area contributed by atoms with Gasteiger partial charge in [-0.25, -0.2) is 0 Å². The summed E-state index contributed by atoms with van der Waals surface area (Å²) in [7, 11) is -1.01. The Morgan fingerprint density at radius 3 is 1.22 bits per heavy atom. The predicted molar refractivity (Wildman–Crippen MR) is 167 cm³/mol. The van der Waals surface area contributed by atoms with Crippen LogP contribution in [0, 0.1) is 0 Å². The highest BCUT2D eigenvalue weighted by atomic mass is 31.1. The Kier molecular flexibility index (Phi) is 8.60. The van der Waals surface area contributed by atoms with Crippen LogP contribution in [-0.2, 0) is 0 Å². The number of rotatable bonds is 8. The Morgan fingerprint density at radius 2 is 0.811 bits per heavy atom. The first kappa shape index (κ1) is 25.2. The number of hydrogen-bond donors (Lipinski definition) is 1. The van der Waals surface area contributed by atoms with E-state index in [4.69, 9.17) is 5.73 Å². The molecule has 0 aromatic heterocycles. The maximum Gasteiger partial charge on any atom is 0.0390 e. The van der Waals surface area contributed by atoms with Crippen LogP contribution in [0.5, 0.6) is 0 Å². The Labute approximate surface area is 222 Å². The fraction of sp³-hybridized carbons (Fsp3) is 0.0588. The molecule has 0 aliphatic rings. The summed E-state index contributed by atoms with van der Waals surface area (Å²) >= 11 is 0. The second-order valence-electron chi connectivity index (χ2n) is 8.82. The van der Waals surface area contributed by atoms with Crippen LogP contribution in [0.25, 0.3) is 12.2 Å². The van der Waals surface area contributed by atoms with Gasteiger partial charge in [-0.15, -0.1) is 0 Å². The van der Waals surface area contributed by atoms with Crippen LogP contribution >= 0.6 is 15.8 Å². The summed E-state index contributed by atoms with van der Waals surface area (Å²) < 4.78 is 0. The highest BCUT2D eigenvalue weighted by Crippen LogP contribution is 2.34. The minimum Gasteiger partial charge on any atom is -0.398 e. The summed E-state index contributed by atoms with van der Waals surface area (Å²) in [4.78, 5) is 0. The van der Waals surface area contributed by atoms with Crippen molar-refractivity contribution in [3.63, 3.8) is 0 Å². The van der Waals surface area contributed by atoms with Crippen molar-refractivity contribution in [2.75, 3.05) is 18.1 Å². The average Bonchev–Trinajstić information content (AvgIpc) is 2.97. The third kappa shape index (κ3) is 6.44. The Balaban J connectivity index is 1.52. The van der Waals surface area contributed by atoms with Crippen LogP contribution in [0.2, 0.25) is 0 Å². The van der Waals surface area contributed by atoms with Gasteiger partial charge in [0.1, 0.15) is 0 Å². The lowest BCUT2D eigenvalue weighted by atomic mass is 10.2. The molecule has 0 heterocycles. The Bertz CT molecular complexity index is 1440. The van der Waals surface area contributed by atoms with Crippen molar-refractivity contribution in [2.24, 2.45) is 0 Å². The number of nitrogen functional groups attached to an aromatic ring is 1. The van der Waals surface area contributed by atoms with E-state index < -0.39 is 15.8 Å². The molecule has 0 saturated heterocycles. The van der Waals surface area contributed by atoms with Crippen LogP contribution < -0.4 is 37.4 Å². The Hall–Kier alpha value is -3.50. The van der Waals surface area contributed by atoms with Gasteiger partial charge in [0.15, 0.2) is 0 Å². The molecular formula is C34H31NP2. The second kappa shape index (κ2) is 12.6. The van der Waals surface area contributed by atoms with Crippen molar-refractivity contribution in [1.29, 1.82) is 0 Å². The highest BCUT2D eigenvalue weighted by molar-refractivity contribution is 7.73. The van der Waals surface area contributed by atoms with Crippen LogP contribution in [0.4, 0.5) is 5.69 Å². The van der Waals surface area contributed by atoms with E-state index in [0.717, 1.165) is 23.2 Å². The number of hydrogen-bond acceptors (Lipinski definition) is 1. The topological polar surface area (TPSA) is 26.0 Å². The Morgan fingerprint density at radius 1 is 0.432 bits per heavy atom. The van der Waals surface area contributed by atoms with E-state index >= 15 is 0 Å². The van der Waals surface area contributed by atoms with Gasteiger partial charge in [-0.1, -0.05) is 146 Å². The first-order valence-corrected chi connectivity index (χ1v) is 15.6. The zero-order valence-electron chi connectivity index (χ0n) is 20.8. The van der Waals surface area contributed by atoms with E-state index in [2.05, 4.69) is 146 Å². The molecule has 5 aromatic rings. The molecule has 0 aliphatic heterocycles. The van der Waals surface area contributed by atoms with E-state index in [1.54, 1.807) is 0 Å². The fourth-order valence-corrected chi connectivity index (χ4v) is 8.85. The van der Waals surface area contributed by atoms with Gasteiger partial charge in [-0.05, 0) is 60.7 Å². The molecule has 0 saturated carbocycles. The van der Waals surface area contributed by atoms with E-state index in [-0.39, 0.29) is 0 Å². The standard InChI is InChI=1S/C34H31NP2/c35-34-23-13-14-28(24-26-36(29-15-5-1-6-16-29)30-17-7-2-8-18-30)33(34)25-27-37(31-19-9-3-10-20-31)32-21-11-4-12-22-32/h1-25H,26-27,35H2. The molecule has 0 bridgehead atoms. The summed E-state index contributed by atoms with van der Waals surface area (Å²) in [5, 5.41) is 7.93. The highest BCUT2D eigenvalue weighted by Gasteiger charge is 2.13. The first-order valence-electron chi connectivity index (χ1n) is 12.6. The predicted octanol–water partition coefficient (Wildman–Crippen LogP) is 5.10. The normalized spacial score (nSPS) is 12.4. The molecule has 0 atom stereocenters. The van der Waals surface area contributed by atoms with Crippen molar-refractivity contribution >= 4 is 54.9 Å². The van der Waals surface area contributed by atoms with Crippen molar-refractivity contribution in [3.05, 3.63) is 150 Å². The molecule has 2 N–H and O–H groups in total. The maximum atomic E-state index is 6.57. The van der Waals surface area contributed by atoms with Crippen LogP contribution in [-0.4, -0.2) is 12.3 Å².